The number of rotatable bonds is 9. The molecule has 40 heavy (non-hydrogen) atoms. The van der Waals surface area contributed by atoms with Crippen LogP contribution in [0.15, 0.2) is 59.1 Å². The first kappa shape index (κ1) is 30.6. The van der Waals surface area contributed by atoms with E-state index in [4.69, 9.17) is 15.3 Å². The minimum Gasteiger partial charge on any atom is -0.485 e. The van der Waals surface area contributed by atoms with Crippen LogP contribution in [0.1, 0.15) is 28.8 Å². The van der Waals surface area contributed by atoms with Gasteiger partial charge in [-0.25, -0.2) is 4.99 Å². The number of halogens is 3. The topological polar surface area (TPSA) is 140 Å². The molecule has 10 nitrogen and oxygen atoms in total. The van der Waals surface area contributed by atoms with Gasteiger partial charge in [0.1, 0.15) is 23.5 Å². The summed E-state index contributed by atoms with van der Waals surface area (Å²) in [5.74, 6) is 0.939. The van der Waals surface area contributed by atoms with Gasteiger partial charge in [0.2, 0.25) is 0 Å². The van der Waals surface area contributed by atoms with Crippen molar-refractivity contribution in [2.75, 3.05) is 33.3 Å². The fourth-order valence-electron chi connectivity index (χ4n) is 4.30. The Balaban J connectivity index is 0.000000482. The van der Waals surface area contributed by atoms with Crippen LogP contribution in [0.3, 0.4) is 0 Å². The predicted octanol–water partition coefficient (Wildman–Crippen LogP) is 3.79. The summed E-state index contributed by atoms with van der Waals surface area (Å²) in [6.45, 7) is 4.91. The van der Waals surface area contributed by atoms with Gasteiger partial charge in [-0.05, 0) is 13.1 Å². The molecule has 1 fully saturated rings. The zero-order valence-electron chi connectivity index (χ0n) is 21.9. The minimum atomic E-state index is -4.72. The highest BCUT2D eigenvalue weighted by Gasteiger charge is 2.42. The number of nitroso groups, excluding NO2 is 1. The van der Waals surface area contributed by atoms with Crippen LogP contribution in [-0.2, 0) is 6.42 Å². The number of alkyl halides is 3. The molecule has 1 aromatic heterocycles. The lowest BCUT2D eigenvalue weighted by atomic mass is 9.87. The van der Waals surface area contributed by atoms with Gasteiger partial charge in [-0.15, -0.1) is 0 Å². The van der Waals surface area contributed by atoms with Gasteiger partial charge in [0, 0.05) is 49.0 Å². The maximum atomic E-state index is 12.4. The number of aliphatic hydroxyl groups is 1. The highest BCUT2D eigenvalue weighted by molar-refractivity contribution is 6.31. The monoisotopic (exact) mass is 560 g/mol. The molecule has 4 rings (SSSR count). The smallest absolute Gasteiger partial charge is 0.434 e. The number of likely N-dealkylation sites (tertiary alicyclic amines) is 1. The van der Waals surface area contributed by atoms with Crippen LogP contribution in [0, 0.1) is 10.3 Å². The Morgan fingerprint density at radius 2 is 2.00 bits per heavy atom. The average molecular weight is 561 g/mol. The van der Waals surface area contributed by atoms with Crippen LogP contribution in [0.25, 0.3) is 11.3 Å². The number of likely N-dealkylation sites (N-methyl/N-ethyl adjacent to an activating group) is 1. The van der Waals surface area contributed by atoms with Gasteiger partial charge in [0.05, 0.1) is 37.3 Å². The molecule has 2 aromatic rings. The summed E-state index contributed by atoms with van der Waals surface area (Å²) in [6.07, 6.45) is 0.320. The Morgan fingerprint density at radius 1 is 1.32 bits per heavy atom. The van der Waals surface area contributed by atoms with E-state index in [1.165, 1.54) is 0 Å². The Hall–Kier alpha value is -3.97. The van der Waals surface area contributed by atoms with E-state index in [9.17, 15) is 22.9 Å². The van der Waals surface area contributed by atoms with E-state index in [2.05, 4.69) is 27.0 Å². The Bertz CT molecular complexity index is 1240. The number of hydrogen-bond donors (Lipinski definition) is 3. The van der Waals surface area contributed by atoms with Crippen LogP contribution < -0.4 is 10.1 Å². The molecule has 3 heterocycles. The van der Waals surface area contributed by atoms with Crippen LogP contribution in [0.4, 0.5) is 13.2 Å². The van der Waals surface area contributed by atoms with Gasteiger partial charge < -0.3 is 20.1 Å². The van der Waals surface area contributed by atoms with Crippen molar-refractivity contribution in [2.24, 2.45) is 10.2 Å². The van der Waals surface area contributed by atoms with Crippen LogP contribution in [0.2, 0.25) is 0 Å². The Labute approximate surface area is 229 Å². The number of nitrogens with zero attached hydrogens (tertiary/aromatic N) is 4. The summed E-state index contributed by atoms with van der Waals surface area (Å²) in [6, 6.07) is 9.03. The van der Waals surface area contributed by atoms with Gasteiger partial charge >= 0.3 is 6.18 Å². The largest absolute Gasteiger partial charge is 0.485 e. The van der Waals surface area contributed by atoms with Crippen molar-refractivity contribution in [3.63, 3.8) is 0 Å². The van der Waals surface area contributed by atoms with E-state index in [0.29, 0.717) is 44.1 Å². The number of carbonyl (C=O) groups excluding carboxylic acids is 1. The molecular weight excluding hydrogens is 529 g/mol. The van der Waals surface area contributed by atoms with E-state index in [1.54, 1.807) is 30.3 Å². The summed E-state index contributed by atoms with van der Waals surface area (Å²) in [5, 5.41) is 20.7. The second-order valence-electron chi connectivity index (χ2n) is 9.43. The third kappa shape index (κ3) is 7.79. The molecule has 1 aromatic carbocycles. The first-order chi connectivity index (χ1) is 19.0. The zero-order chi connectivity index (χ0) is 29.3. The van der Waals surface area contributed by atoms with Crippen molar-refractivity contribution in [1.82, 2.24) is 15.2 Å². The number of aliphatic imine (C=N–C) groups is 1. The van der Waals surface area contributed by atoms with E-state index in [-0.39, 0.29) is 30.6 Å². The fourth-order valence-corrected chi connectivity index (χ4v) is 4.30. The lowest BCUT2D eigenvalue weighted by Gasteiger charge is -2.39. The quantitative estimate of drug-likeness (QED) is 0.241. The van der Waals surface area contributed by atoms with Gasteiger partial charge in [-0.1, -0.05) is 36.0 Å². The molecule has 2 aliphatic heterocycles. The summed E-state index contributed by atoms with van der Waals surface area (Å²) >= 11 is 0. The number of nitrogens with one attached hydrogen (secondary N) is 2. The van der Waals surface area contributed by atoms with Crippen molar-refractivity contribution in [3.8, 4) is 17.0 Å². The molecule has 0 radical (unpaired) electrons. The molecule has 214 valence electrons. The number of carbonyl (C=O) groups is 1. The van der Waals surface area contributed by atoms with E-state index >= 15 is 0 Å². The Morgan fingerprint density at radius 3 is 2.52 bits per heavy atom. The van der Waals surface area contributed by atoms with Crippen molar-refractivity contribution < 1.29 is 27.8 Å². The molecule has 0 saturated carbocycles. The summed E-state index contributed by atoms with van der Waals surface area (Å²) in [5.41, 5.74) is 1.47. The summed E-state index contributed by atoms with van der Waals surface area (Å²) in [4.78, 5) is 30.4. The molecular formula is C27H31F3N6O4. The Kier molecular flexibility index (Phi) is 10.2. The maximum Gasteiger partial charge on any atom is 0.434 e. The van der Waals surface area contributed by atoms with Crippen molar-refractivity contribution in [3.05, 3.63) is 65.0 Å². The number of fused-ring (bicyclic) bond motifs is 1. The SMILES string of the molecule is C=C(/N=C\C(=N)C(F)(F)F)N1CCC2(CC1)Cc1cc(-c3ccc(C=O)cc3)ncc1O2.CNC(CO)CN=O. The number of benzene rings is 1. The summed E-state index contributed by atoms with van der Waals surface area (Å²) in [7, 11) is 1.67. The van der Waals surface area contributed by atoms with Gasteiger partial charge in [0.25, 0.3) is 0 Å². The molecule has 1 atom stereocenters. The zero-order valence-corrected chi connectivity index (χ0v) is 21.9. The number of aliphatic hydroxyl groups excluding tert-OH is 1. The molecule has 2 aliphatic rings. The first-order valence-electron chi connectivity index (χ1n) is 12.5. The summed E-state index contributed by atoms with van der Waals surface area (Å²) < 4.78 is 43.6. The van der Waals surface area contributed by atoms with Crippen molar-refractivity contribution in [2.45, 2.75) is 37.1 Å². The van der Waals surface area contributed by atoms with E-state index in [0.717, 1.165) is 28.9 Å². The number of aldehydes is 1. The van der Waals surface area contributed by atoms with Crippen molar-refractivity contribution in [1.29, 1.82) is 5.41 Å². The third-order valence-corrected chi connectivity index (χ3v) is 6.74. The highest BCUT2D eigenvalue weighted by atomic mass is 19.4. The molecule has 0 bridgehead atoms. The van der Waals surface area contributed by atoms with Gasteiger partial charge in [-0.2, -0.15) is 18.1 Å². The standard InChI is InChI=1S/C23H21F3N4O2.C4H10N2O2/c1-15(28-13-21(27)23(24,25)26)30-8-6-22(7-9-30)11-18-10-19(29-12-20(18)32-22)17-4-2-16(14-31)3-5-17;1-5-4(3-7)2-6-8/h2-5,10,12-14,27H,1,6-9,11H2;4-5,7H,2-3H2,1H3/b27-21?,28-13-;. The van der Waals surface area contributed by atoms with Gasteiger partial charge in [-0.3, -0.25) is 15.2 Å². The fraction of sp³-hybridized carbons (Fsp3) is 0.407. The normalized spacial score (nSPS) is 16.5. The second kappa shape index (κ2) is 13.4. The van der Waals surface area contributed by atoms with Crippen LogP contribution in [-0.4, -0.2) is 84.3 Å². The average Bonchev–Trinajstić information content (AvgIpc) is 3.31. The number of pyridine rings is 1. The molecule has 3 N–H and O–H groups in total. The molecule has 0 amide bonds. The van der Waals surface area contributed by atoms with Gasteiger partial charge in [0.15, 0.2) is 5.71 Å². The highest BCUT2D eigenvalue weighted by Crippen LogP contribution is 2.42. The van der Waals surface area contributed by atoms with E-state index in [1.807, 2.05) is 18.2 Å². The number of ether oxygens (including phenoxy) is 1. The number of hydrogen-bond acceptors (Lipinski definition) is 10. The van der Waals surface area contributed by atoms with E-state index < -0.39 is 11.9 Å². The first-order valence-corrected chi connectivity index (χ1v) is 12.5. The minimum absolute atomic E-state index is 0.0394. The molecule has 1 spiro atoms. The van der Waals surface area contributed by atoms with Crippen molar-refractivity contribution >= 4 is 18.2 Å². The third-order valence-electron chi connectivity index (χ3n) is 6.74. The lowest BCUT2D eigenvalue weighted by molar-refractivity contribution is -0.0571. The number of aromatic nitrogens is 1. The maximum absolute atomic E-state index is 12.4. The molecule has 13 heteroatoms. The molecule has 1 unspecified atom stereocenters. The molecule has 0 aliphatic carbocycles. The lowest BCUT2D eigenvalue weighted by Crippen LogP contribution is -2.46. The van der Waals surface area contributed by atoms with Crippen LogP contribution in [0.5, 0.6) is 5.75 Å². The second-order valence-corrected chi connectivity index (χ2v) is 9.43. The molecule has 1 saturated heterocycles. The van der Waals surface area contributed by atoms with Crippen LogP contribution >= 0.6 is 0 Å². The number of piperidine rings is 1. The predicted molar refractivity (Wildman–Crippen MR) is 145 cm³/mol.